The summed E-state index contributed by atoms with van der Waals surface area (Å²) >= 11 is 1.08. The summed E-state index contributed by atoms with van der Waals surface area (Å²) in [5.74, 6) is -1.66. The number of hydrogen-bond donors (Lipinski definition) is 1. The average Bonchev–Trinajstić information content (AvgIpc) is 3.50. The van der Waals surface area contributed by atoms with Crippen LogP contribution in [0.2, 0.25) is 0 Å². The number of nitrogens with zero attached hydrogens (tertiary/aromatic N) is 2. The Hall–Kier alpha value is -3.99. The van der Waals surface area contributed by atoms with E-state index in [9.17, 15) is 19.2 Å². The molecule has 0 radical (unpaired) electrons. The quantitative estimate of drug-likeness (QED) is 0.457. The van der Waals surface area contributed by atoms with Crippen LogP contribution in [-0.4, -0.2) is 50.5 Å². The van der Waals surface area contributed by atoms with Gasteiger partial charge in [-0.25, -0.2) is 18.8 Å². The lowest BCUT2D eigenvalue weighted by Gasteiger charge is -2.21. The van der Waals surface area contributed by atoms with Gasteiger partial charge in [0.25, 0.3) is 0 Å². The number of anilines is 1. The van der Waals surface area contributed by atoms with Gasteiger partial charge in [0.15, 0.2) is 12.3 Å². The average molecular weight is 552 g/mol. The second kappa shape index (κ2) is 10.3. The lowest BCUT2D eigenvalue weighted by molar-refractivity contribution is -0.114. The lowest BCUT2D eigenvalue weighted by Crippen LogP contribution is -2.38. The number of rotatable bonds is 6. The van der Waals surface area contributed by atoms with E-state index < -0.39 is 52.0 Å². The summed E-state index contributed by atoms with van der Waals surface area (Å²) in [6.07, 6.45) is -2.27. The predicted octanol–water partition coefficient (Wildman–Crippen LogP) is 4.00. The fraction of sp³-hybridized carbons (Fsp3) is 0.321. The van der Waals surface area contributed by atoms with Gasteiger partial charge in [0, 0.05) is 19.5 Å². The van der Waals surface area contributed by atoms with Gasteiger partial charge in [0.2, 0.25) is 5.91 Å². The molecular weight excluding hydrogens is 525 g/mol. The van der Waals surface area contributed by atoms with Gasteiger partial charge in [-0.05, 0) is 44.2 Å². The van der Waals surface area contributed by atoms with E-state index in [1.165, 1.54) is 19.2 Å². The van der Waals surface area contributed by atoms with Gasteiger partial charge < -0.3 is 14.8 Å². The van der Waals surface area contributed by atoms with Crippen LogP contribution in [0.1, 0.15) is 50.6 Å². The summed E-state index contributed by atoms with van der Waals surface area (Å²) in [6, 6.07) is 14.9. The smallest absolute Gasteiger partial charge is 0.350 e. The van der Waals surface area contributed by atoms with E-state index in [0.29, 0.717) is 5.56 Å². The largest absolute Gasteiger partial charge is 0.457 e. The van der Waals surface area contributed by atoms with Crippen LogP contribution in [0.3, 0.4) is 0 Å². The van der Waals surface area contributed by atoms with Crippen molar-refractivity contribution in [1.82, 2.24) is 9.55 Å². The van der Waals surface area contributed by atoms with Crippen molar-refractivity contribution >= 4 is 35.4 Å². The predicted molar refractivity (Wildman–Crippen MR) is 142 cm³/mol. The molecular formula is C28H26FN3O6S. The zero-order valence-electron chi connectivity index (χ0n) is 21.4. The fourth-order valence-electron chi connectivity index (χ4n) is 4.56. The van der Waals surface area contributed by atoms with Gasteiger partial charge in [-0.15, -0.1) is 11.8 Å². The van der Waals surface area contributed by atoms with Gasteiger partial charge in [-0.1, -0.05) is 35.4 Å². The van der Waals surface area contributed by atoms with Crippen LogP contribution in [0.5, 0.6) is 0 Å². The number of aromatic nitrogens is 2. The highest BCUT2D eigenvalue weighted by Gasteiger charge is 2.73. The van der Waals surface area contributed by atoms with Crippen molar-refractivity contribution in [3.05, 3.63) is 93.5 Å². The number of esters is 2. The van der Waals surface area contributed by atoms with Crippen LogP contribution in [0.25, 0.3) is 0 Å². The Kier molecular flexibility index (Phi) is 7.02. The van der Waals surface area contributed by atoms with E-state index in [4.69, 9.17) is 9.47 Å². The van der Waals surface area contributed by atoms with Gasteiger partial charge >= 0.3 is 17.6 Å². The molecule has 1 unspecified atom stereocenters. The van der Waals surface area contributed by atoms with Crippen molar-refractivity contribution in [2.75, 3.05) is 5.32 Å². The van der Waals surface area contributed by atoms with E-state index in [1.54, 1.807) is 48.5 Å². The Balaban J connectivity index is 1.42. The van der Waals surface area contributed by atoms with Crippen LogP contribution in [0, 0.1) is 13.8 Å². The fourth-order valence-corrected chi connectivity index (χ4v) is 6.32. The minimum atomic E-state index is -1.81. The number of aryl methyl sites for hydroxylation is 2. The normalized spacial score (nSPS) is 25.2. The van der Waals surface area contributed by atoms with Crippen LogP contribution >= 0.6 is 11.8 Å². The van der Waals surface area contributed by atoms with Crippen molar-refractivity contribution < 1.29 is 28.2 Å². The summed E-state index contributed by atoms with van der Waals surface area (Å²) in [5.41, 5.74) is 1.75. The van der Waals surface area contributed by atoms with Gasteiger partial charge in [-0.3, -0.25) is 9.36 Å². The van der Waals surface area contributed by atoms with Crippen molar-refractivity contribution in [1.29, 1.82) is 0 Å². The number of alkyl halides is 1. The summed E-state index contributed by atoms with van der Waals surface area (Å²) < 4.78 is 27.5. The molecule has 1 N–H and O–H groups in total. The highest BCUT2D eigenvalue weighted by molar-refractivity contribution is 8.01. The molecule has 5 rings (SSSR count). The van der Waals surface area contributed by atoms with E-state index in [2.05, 4.69) is 10.3 Å². The zero-order chi connectivity index (χ0) is 27.9. The molecule has 1 saturated carbocycles. The van der Waals surface area contributed by atoms with Crippen LogP contribution < -0.4 is 11.0 Å². The first-order valence-electron chi connectivity index (χ1n) is 12.3. The number of amides is 1. The third-order valence-corrected chi connectivity index (χ3v) is 8.57. The van der Waals surface area contributed by atoms with Crippen molar-refractivity contribution in [2.24, 2.45) is 0 Å². The zero-order valence-corrected chi connectivity index (χ0v) is 22.2. The number of thioether (sulfide) groups is 1. The Morgan fingerprint density at radius 1 is 0.974 bits per heavy atom. The molecule has 0 bridgehead atoms. The molecule has 1 aromatic heterocycles. The molecule has 1 saturated heterocycles. The monoisotopic (exact) mass is 551 g/mol. The minimum Gasteiger partial charge on any atom is -0.457 e. The molecule has 2 aliphatic rings. The molecule has 2 heterocycles. The van der Waals surface area contributed by atoms with Crippen molar-refractivity contribution in [3.8, 4) is 0 Å². The number of halogens is 1. The number of carbonyl (C=O) groups excluding carboxylic acids is 3. The molecule has 1 aliphatic carbocycles. The van der Waals surface area contributed by atoms with E-state index in [-0.39, 0.29) is 17.8 Å². The minimum absolute atomic E-state index is 0.0375. The number of nitrogens with one attached hydrogen (secondary N) is 1. The first-order valence-corrected chi connectivity index (χ1v) is 13.2. The molecule has 1 amide bonds. The number of ether oxygens (including phenoxy) is 2. The van der Waals surface area contributed by atoms with E-state index >= 15 is 4.39 Å². The number of hydrogen-bond acceptors (Lipinski definition) is 8. The molecule has 202 valence electrons. The van der Waals surface area contributed by atoms with Crippen molar-refractivity contribution in [3.63, 3.8) is 0 Å². The number of benzene rings is 2. The maximum atomic E-state index is 16.1. The van der Waals surface area contributed by atoms with Gasteiger partial charge in [-0.2, -0.15) is 4.98 Å². The van der Waals surface area contributed by atoms with E-state index in [1.807, 2.05) is 13.8 Å². The van der Waals surface area contributed by atoms with Crippen LogP contribution in [0.15, 0.2) is 65.6 Å². The second-order valence-corrected chi connectivity index (χ2v) is 11.2. The molecule has 2 fully saturated rings. The molecule has 9 nitrogen and oxygen atoms in total. The summed E-state index contributed by atoms with van der Waals surface area (Å²) in [4.78, 5) is 53.7. The third-order valence-electron chi connectivity index (χ3n) is 6.74. The van der Waals surface area contributed by atoms with Crippen molar-refractivity contribution in [2.45, 2.75) is 55.7 Å². The molecule has 3 aromatic rings. The second-order valence-electron chi connectivity index (χ2n) is 9.75. The highest BCUT2D eigenvalue weighted by Crippen LogP contribution is 2.65. The molecule has 11 heteroatoms. The summed E-state index contributed by atoms with van der Waals surface area (Å²) in [5, 5.41) is 1.32. The number of carbonyl (C=O) groups is 3. The van der Waals surface area contributed by atoms with Crippen LogP contribution in [0.4, 0.5) is 10.2 Å². The Bertz CT molecular complexity index is 1490. The Morgan fingerprint density at radius 3 is 2.08 bits per heavy atom. The maximum absolute atomic E-state index is 16.1. The first kappa shape index (κ1) is 26.6. The van der Waals surface area contributed by atoms with Gasteiger partial charge in [0.1, 0.15) is 17.3 Å². The molecule has 5 atom stereocenters. The molecule has 1 aliphatic heterocycles. The van der Waals surface area contributed by atoms with E-state index in [0.717, 1.165) is 27.5 Å². The molecule has 1 spiro atoms. The SMILES string of the molecule is CC(=O)Nc1ccn([C@@H]2SC3(C[C@H]3OC(=O)c3ccc(C)cc3)[C@@H](OC(=O)c3ccc(C)cc3)[C@@H]2F)c(=O)n1. The van der Waals surface area contributed by atoms with Gasteiger partial charge in [0.05, 0.1) is 15.9 Å². The highest BCUT2D eigenvalue weighted by atomic mass is 32.2. The summed E-state index contributed by atoms with van der Waals surface area (Å²) in [6.45, 7) is 5.05. The Morgan fingerprint density at radius 2 is 1.54 bits per heavy atom. The molecule has 39 heavy (non-hydrogen) atoms. The third kappa shape index (κ3) is 5.31. The first-order chi connectivity index (χ1) is 18.6. The lowest BCUT2D eigenvalue weighted by atomic mass is 10.1. The standard InChI is InChI=1S/C28H26FN3O6S/c1-15-4-8-18(9-5-15)25(34)37-20-14-28(20)23(38-26(35)19-10-6-16(2)7-11-19)22(29)24(39-28)32-13-12-21(30-17(3)33)31-27(32)36/h4-13,20,22-24H,14H2,1-3H3,(H,30,31,33,36)/t20-,22+,23+,24-,28?/m1/s1. The topological polar surface area (TPSA) is 117 Å². The van der Waals surface area contributed by atoms with Crippen LogP contribution in [-0.2, 0) is 14.3 Å². The Labute approximate surface area is 227 Å². The maximum Gasteiger partial charge on any atom is 0.350 e. The molecule has 2 aromatic carbocycles. The summed E-state index contributed by atoms with van der Waals surface area (Å²) in [7, 11) is 0.